The fourth-order valence-electron chi connectivity index (χ4n) is 2.70. The van der Waals surface area contributed by atoms with Crippen LogP contribution in [0.15, 0.2) is 0 Å². The number of carboxylic acid groups (broad SMARTS) is 1. The number of hydrogen-bond acceptors (Lipinski definition) is 4. The highest BCUT2D eigenvalue weighted by molar-refractivity contribution is 5.82. The molecule has 0 aliphatic carbocycles. The maximum Gasteiger partial charge on any atom is 0.303 e. The second-order valence-corrected chi connectivity index (χ2v) is 5.46. The van der Waals surface area contributed by atoms with Crippen molar-refractivity contribution < 1.29 is 24.2 Å². The molecule has 7 heteroatoms. The molecule has 0 aromatic heterocycles. The number of carbonyl (C=O) groups is 3. The Morgan fingerprint density at radius 2 is 1.71 bits per heavy atom. The third-order valence-corrected chi connectivity index (χ3v) is 3.93. The van der Waals surface area contributed by atoms with Gasteiger partial charge in [0.2, 0.25) is 5.91 Å². The second-order valence-electron chi connectivity index (χ2n) is 5.46. The van der Waals surface area contributed by atoms with E-state index in [0.29, 0.717) is 39.2 Å². The van der Waals surface area contributed by atoms with Crippen LogP contribution in [0.3, 0.4) is 0 Å². The number of hydrogen-bond donors (Lipinski definition) is 1. The van der Waals surface area contributed by atoms with E-state index in [2.05, 4.69) is 0 Å². The molecule has 2 aliphatic rings. The lowest BCUT2D eigenvalue weighted by Gasteiger charge is -2.35. The van der Waals surface area contributed by atoms with Crippen LogP contribution in [0.5, 0.6) is 0 Å². The Bertz CT molecular complexity index is 398. The maximum absolute atomic E-state index is 12.2. The van der Waals surface area contributed by atoms with Crippen LogP contribution in [0, 0.1) is 0 Å². The number of rotatable bonds is 5. The monoisotopic (exact) mass is 298 g/mol. The Morgan fingerprint density at radius 3 is 2.29 bits per heavy atom. The van der Waals surface area contributed by atoms with Gasteiger partial charge in [0.05, 0.1) is 0 Å². The molecule has 2 amide bonds. The first-order chi connectivity index (χ1) is 10.1. The zero-order valence-electron chi connectivity index (χ0n) is 12.1. The standard InChI is InChI=1S/C14H22N2O5/c17-12(4-1-5-13(18)19)15-6-8-16(9-7-15)14(20)11-3-2-10-21-11/h11H,1-10H2,(H,18,19). The summed E-state index contributed by atoms with van der Waals surface area (Å²) in [5.41, 5.74) is 0. The highest BCUT2D eigenvalue weighted by Crippen LogP contribution is 2.16. The minimum atomic E-state index is -0.880. The van der Waals surface area contributed by atoms with Crippen molar-refractivity contribution in [2.75, 3.05) is 32.8 Å². The molecule has 2 heterocycles. The van der Waals surface area contributed by atoms with Crippen LogP contribution >= 0.6 is 0 Å². The molecule has 7 nitrogen and oxygen atoms in total. The summed E-state index contributed by atoms with van der Waals surface area (Å²) < 4.78 is 5.39. The Kier molecular flexibility index (Phi) is 5.55. The number of ether oxygens (including phenoxy) is 1. The van der Waals surface area contributed by atoms with Crippen molar-refractivity contribution in [2.45, 2.75) is 38.2 Å². The first kappa shape index (κ1) is 15.8. The van der Waals surface area contributed by atoms with E-state index in [1.54, 1.807) is 9.80 Å². The normalized spacial score (nSPS) is 22.4. The summed E-state index contributed by atoms with van der Waals surface area (Å²) in [7, 11) is 0. The minimum Gasteiger partial charge on any atom is -0.481 e. The summed E-state index contributed by atoms with van der Waals surface area (Å²) in [6.07, 6.45) is 2.05. The molecule has 0 saturated carbocycles. The summed E-state index contributed by atoms with van der Waals surface area (Å²) >= 11 is 0. The summed E-state index contributed by atoms with van der Waals surface area (Å²) in [6, 6.07) is 0. The smallest absolute Gasteiger partial charge is 0.303 e. The molecule has 1 unspecified atom stereocenters. The summed E-state index contributed by atoms with van der Waals surface area (Å²) in [6.45, 7) is 2.75. The molecule has 2 saturated heterocycles. The van der Waals surface area contributed by atoms with Gasteiger partial charge in [0.1, 0.15) is 6.10 Å². The lowest BCUT2D eigenvalue weighted by Crippen LogP contribution is -2.52. The summed E-state index contributed by atoms with van der Waals surface area (Å²) in [4.78, 5) is 38.0. The molecule has 2 aliphatic heterocycles. The molecule has 21 heavy (non-hydrogen) atoms. The van der Waals surface area contributed by atoms with Gasteiger partial charge in [-0.25, -0.2) is 0 Å². The van der Waals surface area contributed by atoms with Gasteiger partial charge in [-0.1, -0.05) is 0 Å². The average molecular weight is 298 g/mol. The molecule has 1 atom stereocenters. The van der Waals surface area contributed by atoms with Gasteiger partial charge in [-0.15, -0.1) is 0 Å². The second kappa shape index (κ2) is 7.40. The number of amides is 2. The molecule has 0 radical (unpaired) electrons. The van der Waals surface area contributed by atoms with Crippen LogP contribution in [0.2, 0.25) is 0 Å². The lowest BCUT2D eigenvalue weighted by molar-refractivity contribution is -0.146. The largest absolute Gasteiger partial charge is 0.481 e. The fourth-order valence-corrected chi connectivity index (χ4v) is 2.70. The first-order valence-electron chi connectivity index (χ1n) is 7.48. The van der Waals surface area contributed by atoms with Crippen molar-refractivity contribution in [1.82, 2.24) is 9.80 Å². The van der Waals surface area contributed by atoms with Crippen molar-refractivity contribution in [2.24, 2.45) is 0 Å². The van der Waals surface area contributed by atoms with E-state index in [0.717, 1.165) is 12.8 Å². The maximum atomic E-state index is 12.2. The third kappa shape index (κ3) is 4.42. The van der Waals surface area contributed by atoms with Crippen LogP contribution in [0.4, 0.5) is 0 Å². The van der Waals surface area contributed by atoms with Crippen LogP contribution in [-0.4, -0.2) is 71.6 Å². The van der Waals surface area contributed by atoms with Crippen molar-refractivity contribution >= 4 is 17.8 Å². The molecule has 118 valence electrons. The van der Waals surface area contributed by atoms with Crippen molar-refractivity contribution in [3.63, 3.8) is 0 Å². The quantitative estimate of drug-likeness (QED) is 0.777. The van der Waals surface area contributed by atoms with Crippen LogP contribution in [0.1, 0.15) is 32.1 Å². The molecule has 2 rings (SSSR count). The van der Waals surface area contributed by atoms with E-state index >= 15 is 0 Å². The van der Waals surface area contributed by atoms with Gasteiger partial charge in [-0.2, -0.15) is 0 Å². The lowest BCUT2D eigenvalue weighted by atomic mass is 10.2. The molecule has 0 aromatic carbocycles. The molecule has 1 N–H and O–H groups in total. The van der Waals surface area contributed by atoms with Crippen molar-refractivity contribution in [3.8, 4) is 0 Å². The van der Waals surface area contributed by atoms with E-state index in [1.807, 2.05) is 0 Å². The summed E-state index contributed by atoms with van der Waals surface area (Å²) in [5, 5.41) is 8.56. The third-order valence-electron chi connectivity index (χ3n) is 3.93. The van der Waals surface area contributed by atoms with Crippen LogP contribution in [-0.2, 0) is 19.1 Å². The predicted molar refractivity (Wildman–Crippen MR) is 73.6 cm³/mol. The van der Waals surface area contributed by atoms with Gasteiger partial charge < -0.3 is 19.6 Å². The van der Waals surface area contributed by atoms with Gasteiger partial charge in [0.25, 0.3) is 5.91 Å². The number of nitrogens with zero attached hydrogens (tertiary/aromatic N) is 2. The Labute approximate surface area is 123 Å². The van der Waals surface area contributed by atoms with E-state index in [-0.39, 0.29) is 30.8 Å². The molecule has 0 spiro atoms. The Morgan fingerprint density at radius 1 is 1.05 bits per heavy atom. The Hall–Kier alpha value is -1.63. The van der Waals surface area contributed by atoms with Gasteiger partial charge in [0, 0.05) is 45.6 Å². The highest BCUT2D eigenvalue weighted by atomic mass is 16.5. The van der Waals surface area contributed by atoms with Gasteiger partial charge in [-0.05, 0) is 19.3 Å². The van der Waals surface area contributed by atoms with Crippen molar-refractivity contribution in [1.29, 1.82) is 0 Å². The van der Waals surface area contributed by atoms with Gasteiger partial charge in [0.15, 0.2) is 0 Å². The fraction of sp³-hybridized carbons (Fsp3) is 0.786. The molecular formula is C14H22N2O5. The molecule has 2 fully saturated rings. The topological polar surface area (TPSA) is 87.2 Å². The van der Waals surface area contributed by atoms with Gasteiger partial charge >= 0.3 is 5.97 Å². The van der Waals surface area contributed by atoms with E-state index in [1.165, 1.54) is 0 Å². The molecule has 0 bridgehead atoms. The SMILES string of the molecule is O=C(O)CCCC(=O)N1CCN(C(=O)C2CCCO2)CC1. The summed E-state index contributed by atoms with van der Waals surface area (Å²) in [5.74, 6) is -0.874. The van der Waals surface area contributed by atoms with Crippen molar-refractivity contribution in [3.05, 3.63) is 0 Å². The predicted octanol–water partition coefficient (Wildman–Crippen LogP) is 0.0911. The molecular weight excluding hydrogens is 276 g/mol. The van der Waals surface area contributed by atoms with E-state index < -0.39 is 5.97 Å². The number of piperazine rings is 1. The zero-order valence-corrected chi connectivity index (χ0v) is 12.1. The number of carboxylic acids is 1. The Balaban J connectivity index is 1.71. The number of carbonyl (C=O) groups excluding carboxylic acids is 2. The zero-order chi connectivity index (χ0) is 15.2. The number of aliphatic carboxylic acids is 1. The van der Waals surface area contributed by atoms with Crippen LogP contribution < -0.4 is 0 Å². The minimum absolute atomic E-state index is 0.0171. The van der Waals surface area contributed by atoms with E-state index in [4.69, 9.17) is 9.84 Å². The van der Waals surface area contributed by atoms with E-state index in [9.17, 15) is 14.4 Å². The average Bonchev–Trinajstić information content (AvgIpc) is 3.00. The first-order valence-corrected chi connectivity index (χ1v) is 7.48. The van der Waals surface area contributed by atoms with Gasteiger partial charge in [-0.3, -0.25) is 14.4 Å². The van der Waals surface area contributed by atoms with Crippen LogP contribution in [0.25, 0.3) is 0 Å². The highest BCUT2D eigenvalue weighted by Gasteiger charge is 2.31. The molecule has 0 aromatic rings.